The van der Waals surface area contributed by atoms with Gasteiger partial charge in [-0.3, -0.25) is 10.1 Å². The maximum atomic E-state index is 11.3. The van der Waals surface area contributed by atoms with Gasteiger partial charge in [0, 0.05) is 43.5 Å². The minimum Gasteiger partial charge on any atom is -0.364 e. The lowest BCUT2D eigenvalue weighted by Crippen LogP contribution is -2.47. The smallest absolute Gasteiger partial charge is 0.294 e. The van der Waals surface area contributed by atoms with Gasteiger partial charge in [-0.05, 0) is 37.1 Å². The van der Waals surface area contributed by atoms with E-state index >= 15 is 0 Å². The molecule has 0 N–H and O–H groups in total. The monoisotopic (exact) mass is 347 g/mol. The summed E-state index contributed by atoms with van der Waals surface area (Å²) >= 11 is 5.91. The molecule has 0 aliphatic carbocycles. The van der Waals surface area contributed by atoms with E-state index in [0.717, 1.165) is 31.7 Å². The number of rotatable bonds is 4. The molecule has 24 heavy (non-hydrogen) atoms. The topological polar surface area (TPSA) is 75.4 Å². The number of hydrogen-bond donors (Lipinski definition) is 0. The largest absolute Gasteiger partial charge is 0.364 e. The number of anilines is 2. The molecule has 2 heterocycles. The number of nitro benzene ring substituents is 1. The predicted octanol–water partition coefficient (Wildman–Crippen LogP) is 3.14. The summed E-state index contributed by atoms with van der Waals surface area (Å²) in [5, 5.41) is 19.8. The fourth-order valence-electron chi connectivity index (χ4n) is 3.08. The van der Waals surface area contributed by atoms with Gasteiger partial charge in [0.2, 0.25) is 0 Å². The molecule has 0 radical (unpaired) electrons. The minimum absolute atomic E-state index is 0.0293. The van der Waals surface area contributed by atoms with E-state index in [1.807, 2.05) is 24.1 Å². The van der Waals surface area contributed by atoms with E-state index in [-0.39, 0.29) is 16.7 Å². The third-order valence-electron chi connectivity index (χ3n) is 4.34. The van der Waals surface area contributed by atoms with Crippen molar-refractivity contribution in [3.63, 3.8) is 0 Å². The zero-order valence-electron chi connectivity index (χ0n) is 13.3. The van der Waals surface area contributed by atoms with Crippen molar-refractivity contribution in [3.05, 3.63) is 51.7 Å². The molecule has 1 atom stereocenters. The van der Waals surface area contributed by atoms with Crippen LogP contribution in [0.15, 0.2) is 36.5 Å². The van der Waals surface area contributed by atoms with Gasteiger partial charge in [-0.15, -0.1) is 5.10 Å². The van der Waals surface area contributed by atoms with Crippen molar-refractivity contribution in [3.8, 4) is 0 Å². The van der Waals surface area contributed by atoms with Crippen LogP contribution in [0.4, 0.5) is 17.2 Å². The Balaban J connectivity index is 1.82. The quantitative estimate of drug-likeness (QED) is 0.624. The van der Waals surface area contributed by atoms with Gasteiger partial charge in [0.05, 0.1) is 4.92 Å². The number of nitro groups is 1. The van der Waals surface area contributed by atoms with E-state index < -0.39 is 0 Å². The summed E-state index contributed by atoms with van der Waals surface area (Å²) in [7, 11) is 1.89. The van der Waals surface area contributed by atoms with Gasteiger partial charge in [-0.2, -0.15) is 5.10 Å². The number of benzene rings is 1. The Labute approximate surface area is 145 Å². The molecule has 1 aromatic carbocycles. The lowest BCUT2D eigenvalue weighted by molar-refractivity contribution is -0.384. The van der Waals surface area contributed by atoms with Gasteiger partial charge in [0.25, 0.3) is 5.69 Å². The number of piperidine rings is 1. The first-order valence-corrected chi connectivity index (χ1v) is 8.13. The summed E-state index contributed by atoms with van der Waals surface area (Å²) in [5.41, 5.74) is 0.608. The van der Waals surface area contributed by atoms with Crippen LogP contribution in [-0.2, 0) is 0 Å². The van der Waals surface area contributed by atoms with Crippen LogP contribution in [0.1, 0.15) is 12.8 Å². The molecule has 8 heteroatoms. The highest BCUT2D eigenvalue weighted by atomic mass is 35.5. The number of likely N-dealkylation sites (N-methyl/N-ethyl adjacent to an activating group) is 1. The number of hydrogen-bond acceptors (Lipinski definition) is 6. The molecule has 2 aromatic rings. The Morgan fingerprint density at radius 3 is 2.96 bits per heavy atom. The van der Waals surface area contributed by atoms with Crippen LogP contribution in [0.3, 0.4) is 0 Å². The Morgan fingerprint density at radius 2 is 2.25 bits per heavy atom. The second kappa shape index (κ2) is 7.00. The van der Waals surface area contributed by atoms with E-state index in [0.29, 0.717) is 10.7 Å². The van der Waals surface area contributed by atoms with Gasteiger partial charge in [-0.25, -0.2) is 0 Å². The molecule has 0 bridgehead atoms. The molecule has 0 amide bonds. The second-order valence-electron chi connectivity index (χ2n) is 5.82. The van der Waals surface area contributed by atoms with E-state index in [1.165, 1.54) is 6.07 Å². The number of aromatic nitrogens is 2. The maximum absolute atomic E-state index is 11.3. The number of nitrogens with zero attached hydrogens (tertiary/aromatic N) is 5. The van der Waals surface area contributed by atoms with Crippen LogP contribution < -0.4 is 9.80 Å². The lowest BCUT2D eigenvalue weighted by Gasteiger charge is -2.38. The maximum Gasteiger partial charge on any atom is 0.294 e. The highest BCUT2D eigenvalue weighted by molar-refractivity contribution is 6.30. The fraction of sp³-hybridized carbons (Fsp3) is 0.375. The van der Waals surface area contributed by atoms with Gasteiger partial charge in [-0.1, -0.05) is 11.6 Å². The second-order valence-corrected chi connectivity index (χ2v) is 6.26. The third-order valence-corrected chi connectivity index (χ3v) is 4.58. The van der Waals surface area contributed by atoms with E-state index in [4.69, 9.17) is 11.6 Å². The molecule has 7 nitrogen and oxygen atoms in total. The first kappa shape index (κ1) is 16.4. The average molecular weight is 348 g/mol. The molecule has 3 rings (SSSR count). The molecule has 0 saturated carbocycles. The van der Waals surface area contributed by atoms with Crippen molar-refractivity contribution in [2.45, 2.75) is 18.9 Å². The van der Waals surface area contributed by atoms with Gasteiger partial charge < -0.3 is 9.80 Å². The standard InChI is InChI=1S/C16H18ClN5O2/c1-20(14-7-6-12(17)10-15(14)22(23)24)13-4-3-9-21(11-13)16-5-2-8-18-19-16/h2,5-8,10,13H,3-4,9,11H2,1H3. The van der Waals surface area contributed by atoms with Gasteiger partial charge in [0.15, 0.2) is 5.82 Å². The molecule has 126 valence electrons. The normalized spacial score (nSPS) is 17.6. The molecule has 0 spiro atoms. The van der Waals surface area contributed by atoms with Crippen LogP contribution >= 0.6 is 11.6 Å². The van der Waals surface area contributed by atoms with Crippen molar-refractivity contribution in [2.24, 2.45) is 0 Å². The number of halogens is 1. The summed E-state index contributed by atoms with van der Waals surface area (Å²) in [4.78, 5) is 15.1. The molecule has 1 aliphatic rings. The minimum atomic E-state index is -0.388. The summed E-state index contributed by atoms with van der Waals surface area (Å²) in [6, 6.07) is 8.74. The van der Waals surface area contributed by atoms with Crippen molar-refractivity contribution >= 4 is 28.8 Å². The Bertz CT molecular complexity index is 728. The Kier molecular flexibility index (Phi) is 4.80. The van der Waals surface area contributed by atoms with Crippen molar-refractivity contribution < 1.29 is 4.92 Å². The average Bonchev–Trinajstić information content (AvgIpc) is 2.62. The van der Waals surface area contributed by atoms with Crippen molar-refractivity contribution in [1.82, 2.24) is 10.2 Å². The fourth-order valence-corrected chi connectivity index (χ4v) is 3.25. The van der Waals surface area contributed by atoms with E-state index in [9.17, 15) is 10.1 Å². The zero-order chi connectivity index (χ0) is 17.1. The third kappa shape index (κ3) is 3.41. The molecule has 1 aliphatic heterocycles. The van der Waals surface area contributed by atoms with Crippen LogP contribution in [0.5, 0.6) is 0 Å². The van der Waals surface area contributed by atoms with Gasteiger partial charge >= 0.3 is 0 Å². The van der Waals surface area contributed by atoms with Crippen molar-refractivity contribution in [1.29, 1.82) is 0 Å². The Morgan fingerprint density at radius 1 is 1.42 bits per heavy atom. The van der Waals surface area contributed by atoms with Crippen LogP contribution in [0, 0.1) is 10.1 Å². The molecular formula is C16H18ClN5O2. The van der Waals surface area contributed by atoms with Crippen LogP contribution in [0.2, 0.25) is 5.02 Å². The summed E-state index contributed by atoms with van der Waals surface area (Å²) in [5.74, 6) is 0.834. The van der Waals surface area contributed by atoms with E-state index in [1.54, 1.807) is 18.3 Å². The van der Waals surface area contributed by atoms with Crippen molar-refractivity contribution in [2.75, 3.05) is 29.9 Å². The highest BCUT2D eigenvalue weighted by Crippen LogP contribution is 2.33. The molecule has 1 aromatic heterocycles. The molecule has 1 fully saturated rings. The molecule has 1 saturated heterocycles. The summed E-state index contributed by atoms with van der Waals surface area (Å²) in [6.45, 7) is 1.65. The van der Waals surface area contributed by atoms with Crippen LogP contribution in [-0.4, -0.2) is 41.3 Å². The summed E-state index contributed by atoms with van der Waals surface area (Å²) < 4.78 is 0. The highest BCUT2D eigenvalue weighted by Gasteiger charge is 2.28. The van der Waals surface area contributed by atoms with Crippen LogP contribution in [0.25, 0.3) is 0 Å². The zero-order valence-corrected chi connectivity index (χ0v) is 14.1. The lowest BCUT2D eigenvalue weighted by atomic mass is 10.0. The predicted molar refractivity (Wildman–Crippen MR) is 93.8 cm³/mol. The molecule has 1 unspecified atom stereocenters. The van der Waals surface area contributed by atoms with Gasteiger partial charge in [0.1, 0.15) is 5.69 Å². The van der Waals surface area contributed by atoms with E-state index in [2.05, 4.69) is 15.1 Å². The first-order valence-electron chi connectivity index (χ1n) is 7.75. The summed E-state index contributed by atoms with van der Waals surface area (Å²) in [6.07, 6.45) is 3.61. The SMILES string of the molecule is CN(c1ccc(Cl)cc1[N+](=O)[O-])C1CCCN(c2cccnn2)C1. The Hall–Kier alpha value is -2.41. The first-order chi connectivity index (χ1) is 11.6. The molecular weight excluding hydrogens is 330 g/mol.